The van der Waals surface area contributed by atoms with Crippen LogP contribution in [0, 0.1) is 0 Å². The fourth-order valence-electron chi connectivity index (χ4n) is 0. The minimum atomic E-state index is -2.86. The van der Waals surface area contributed by atoms with Gasteiger partial charge in [0, 0.05) is 22.4 Å². The van der Waals surface area contributed by atoms with E-state index in [0.29, 0.717) is 0 Å². The van der Waals surface area contributed by atoms with E-state index in [0.717, 1.165) is 0 Å². The van der Waals surface area contributed by atoms with E-state index in [-0.39, 0.29) is 73.8 Å². The Hall–Kier alpha value is 2.45. The van der Waals surface area contributed by atoms with Crippen LogP contribution < -0.4 is 51.4 Å². The Morgan fingerprint density at radius 1 is 1.67 bits per heavy atom. The standard InChI is InChI=1S/Au.K.H2O3S/c;;1-4(2)3/h;;(H2,1,2,3)/q;+1;/p-1. The van der Waals surface area contributed by atoms with Crippen molar-refractivity contribution >= 4 is 11.4 Å². The van der Waals surface area contributed by atoms with Crippen molar-refractivity contribution < 1.29 is 87.1 Å². The quantitative estimate of drug-likeness (QED) is 0.370. The topological polar surface area (TPSA) is 60.4 Å². The Morgan fingerprint density at radius 3 is 1.67 bits per heavy atom. The summed E-state index contributed by atoms with van der Waals surface area (Å²) in [6, 6.07) is 0. The fourth-order valence-corrected chi connectivity index (χ4v) is 0. The summed E-state index contributed by atoms with van der Waals surface area (Å²) in [6.45, 7) is 0. The van der Waals surface area contributed by atoms with Crippen LogP contribution in [0.4, 0.5) is 0 Å². The van der Waals surface area contributed by atoms with Crippen LogP contribution in [0.1, 0.15) is 0 Å². The Balaban J connectivity index is -0.0000000450. The molecule has 0 saturated carbocycles. The van der Waals surface area contributed by atoms with Crippen LogP contribution in [0.2, 0.25) is 0 Å². The van der Waals surface area contributed by atoms with Gasteiger partial charge in [-0.15, -0.1) is 0 Å². The van der Waals surface area contributed by atoms with Gasteiger partial charge in [0.15, 0.2) is 0 Å². The van der Waals surface area contributed by atoms with Gasteiger partial charge in [-0.05, 0) is 0 Å². The van der Waals surface area contributed by atoms with Crippen molar-refractivity contribution in [1.82, 2.24) is 0 Å². The molecule has 6 heteroatoms. The minimum absolute atomic E-state index is 0. The molecule has 0 aliphatic carbocycles. The monoisotopic (exact) mass is 317 g/mol. The van der Waals surface area contributed by atoms with Gasteiger partial charge in [-0.25, -0.2) is 4.21 Å². The predicted octanol–water partition coefficient (Wildman–Crippen LogP) is -3.66. The minimum Gasteiger partial charge on any atom is -0.750 e. The molecule has 0 aromatic rings. The summed E-state index contributed by atoms with van der Waals surface area (Å²) < 4.78 is 24.1. The molecule has 0 saturated heterocycles. The van der Waals surface area contributed by atoms with Gasteiger partial charge in [-0.3, -0.25) is 0 Å². The van der Waals surface area contributed by atoms with E-state index < -0.39 is 11.4 Å². The molecule has 0 aromatic carbocycles. The zero-order valence-corrected chi connectivity index (χ0v) is 9.08. The van der Waals surface area contributed by atoms with Gasteiger partial charge in [0.05, 0.1) is 11.4 Å². The number of rotatable bonds is 0. The van der Waals surface area contributed by atoms with Crippen LogP contribution in [-0.2, 0) is 33.7 Å². The first-order chi connectivity index (χ1) is 1.73. The van der Waals surface area contributed by atoms with E-state index in [1.165, 1.54) is 0 Å². The van der Waals surface area contributed by atoms with Crippen molar-refractivity contribution in [1.29, 1.82) is 0 Å². The van der Waals surface area contributed by atoms with Gasteiger partial charge in [0.1, 0.15) is 0 Å². The van der Waals surface area contributed by atoms with Crippen LogP contribution in [-0.4, -0.2) is 13.3 Å². The molecule has 1 unspecified atom stereocenters. The molecule has 0 spiro atoms. The fraction of sp³-hybridized carbons (Fsp3) is 0. The predicted molar refractivity (Wildman–Crippen MR) is 11.5 cm³/mol. The molecular formula is HAuKO3S. The maximum Gasteiger partial charge on any atom is 1.00 e. The zero-order valence-electron chi connectivity index (χ0n) is 2.97. The molecule has 6 heavy (non-hydrogen) atoms. The molecule has 0 bridgehead atoms. The first-order valence-electron chi connectivity index (χ1n) is 0.516. The average Bonchev–Trinajstić information content (AvgIpc) is 0.811. The summed E-state index contributed by atoms with van der Waals surface area (Å²) in [7, 11) is 0. The summed E-state index contributed by atoms with van der Waals surface area (Å²) in [5.41, 5.74) is 0. The first-order valence-corrected chi connectivity index (χ1v) is 1.55. The molecule has 0 amide bonds. The molecule has 1 radical (unpaired) electrons. The summed E-state index contributed by atoms with van der Waals surface area (Å²) in [6.07, 6.45) is 0. The normalized spacial score (nSPS) is 10.3. The van der Waals surface area contributed by atoms with Gasteiger partial charge in [-0.2, -0.15) is 0 Å². The molecule has 0 aromatic heterocycles. The first kappa shape index (κ1) is 15.8. The summed E-state index contributed by atoms with van der Waals surface area (Å²) >= 11 is -2.86. The van der Waals surface area contributed by atoms with Crippen molar-refractivity contribution in [3.05, 3.63) is 0 Å². The van der Waals surface area contributed by atoms with Crippen LogP contribution in [0.5, 0.6) is 0 Å². The maximum absolute atomic E-state index is 8.56. The SMILES string of the molecule is O=S([O-])O.[Au].[K+]. The molecule has 0 aliphatic heterocycles. The zero-order chi connectivity index (χ0) is 3.58. The van der Waals surface area contributed by atoms with Crippen molar-refractivity contribution in [2.75, 3.05) is 0 Å². The number of hydrogen-bond donors (Lipinski definition) is 1. The Morgan fingerprint density at radius 2 is 1.67 bits per heavy atom. The second-order valence-electron chi connectivity index (χ2n) is 0.217. The van der Waals surface area contributed by atoms with Crippen molar-refractivity contribution in [3.63, 3.8) is 0 Å². The van der Waals surface area contributed by atoms with Gasteiger partial charge in [0.25, 0.3) is 0 Å². The molecule has 37 valence electrons. The van der Waals surface area contributed by atoms with Gasteiger partial charge < -0.3 is 9.11 Å². The van der Waals surface area contributed by atoms with E-state index in [1.807, 2.05) is 0 Å². The third-order valence-electron chi connectivity index (χ3n) is 0. The summed E-state index contributed by atoms with van der Waals surface area (Å²) in [5, 5.41) is 0. The maximum atomic E-state index is 8.56. The van der Waals surface area contributed by atoms with E-state index in [2.05, 4.69) is 0 Å². The third-order valence-corrected chi connectivity index (χ3v) is 0. The molecule has 0 fully saturated rings. The second kappa shape index (κ2) is 10.4. The van der Waals surface area contributed by atoms with Gasteiger partial charge in [0.2, 0.25) is 0 Å². The van der Waals surface area contributed by atoms with Gasteiger partial charge >= 0.3 is 51.4 Å². The van der Waals surface area contributed by atoms with Crippen LogP contribution in [0.25, 0.3) is 0 Å². The molecule has 1 atom stereocenters. The van der Waals surface area contributed by atoms with Crippen molar-refractivity contribution in [3.8, 4) is 0 Å². The Kier molecular flexibility index (Phi) is 27.5. The van der Waals surface area contributed by atoms with Crippen LogP contribution >= 0.6 is 0 Å². The third kappa shape index (κ3) is 31.9. The average molecular weight is 317 g/mol. The Labute approximate surface area is 96.3 Å². The van der Waals surface area contributed by atoms with Crippen molar-refractivity contribution in [2.24, 2.45) is 0 Å². The smallest absolute Gasteiger partial charge is 0.750 e. The van der Waals surface area contributed by atoms with E-state index in [1.54, 1.807) is 0 Å². The van der Waals surface area contributed by atoms with E-state index in [9.17, 15) is 0 Å². The summed E-state index contributed by atoms with van der Waals surface area (Å²) in [4.78, 5) is 0. The van der Waals surface area contributed by atoms with Crippen LogP contribution in [0.3, 0.4) is 0 Å². The van der Waals surface area contributed by atoms with Gasteiger partial charge in [-0.1, -0.05) is 0 Å². The second-order valence-corrected chi connectivity index (χ2v) is 0.651. The molecule has 0 heterocycles. The Bertz CT molecular complexity index is 33.8. The molecular weight excluding hydrogens is 316 g/mol. The van der Waals surface area contributed by atoms with E-state index >= 15 is 0 Å². The molecule has 1 N–H and O–H groups in total. The molecule has 0 rings (SSSR count). The largest absolute Gasteiger partial charge is 1.00 e. The van der Waals surface area contributed by atoms with Crippen molar-refractivity contribution in [2.45, 2.75) is 0 Å². The summed E-state index contributed by atoms with van der Waals surface area (Å²) in [5.74, 6) is 0. The van der Waals surface area contributed by atoms with Crippen LogP contribution in [0.15, 0.2) is 0 Å². The molecule has 0 aliphatic rings. The van der Waals surface area contributed by atoms with E-state index in [4.69, 9.17) is 13.3 Å². The number of hydrogen-bond acceptors (Lipinski definition) is 2. The molecule has 3 nitrogen and oxygen atoms in total.